The first kappa shape index (κ1) is 38.3. The number of rotatable bonds is 14. The summed E-state index contributed by atoms with van der Waals surface area (Å²) in [5.74, 6) is 1.90. The van der Waals surface area contributed by atoms with Crippen molar-refractivity contribution in [2.75, 3.05) is 34.3 Å². The van der Waals surface area contributed by atoms with Crippen LogP contribution < -0.4 is 15.4 Å². The van der Waals surface area contributed by atoms with Crippen molar-refractivity contribution in [1.29, 1.82) is 0 Å². The lowest BCUT2D eigenvalue weighted by molar-refractivity contribution is -0.384. The Balaban J connectivity index is 1.24. The number of nitrogens with zero attached hydrogens (tertiary/aromatic N) is 3. The number of nitrogens with one attached hydrogen (secondary N) is 2. The number of amides is 1. The first-order chi connectivity index (χ1) is 25.3. The molecule has 1 amide bonds. The van der Waals surface area contributed by atoms with Gasteiger partial charge in [0.15, 0.2) is 0 Å². The minimum absolute atomic E-state index is 0.183. The molecule has 1 heterocycles. The van der Waals surface area contributed by atoms with Crippen molar-refractivity contribution >= 4 is 11.6 Å². The summed E-state index contributed by atoms with van der Waals surface area (Å²) in [4.78, 5) is 29.6. The van der Waals surface area contributed by atoms with Crippen LogP contribution in [0.3, 0.4) is 0 Å². The maximum atomic E-state index is 13.8. The molecule has 11 heteroatoms. The van der Waals surface area contributed by atoms with Gasteiger partial charge in [-0.2, -0.15) is 0 Å². The number of benzene rings is 3. The van der Waals surface area contributed by atoms with Crippen LogP contribution in [-0.4, -0.2) is 89.4 Å². The molecule has 3 aliphatic carbocycles. The van der Waals surface area contributed by atoms with Gasteiger partial charge >= 0.3 is 0 Å². The van der Waals surface area contributed by atoms with Crippen molar-refractivity contribution in [3.8, 4) is 16.9 Å². The Kier molecular flexibility index (Phi) is 11.5. The monoisotopic (exact) mass is 725 g/mol. The number of fused-ring (bicyclic) bond motifs is 2. The normalized spacial score (nSPS) is 25.8. The average Bonchev–Trinajstić information content (AvgIpc) is 3.49. The molecule has 3 saturated carbocycles. The second-order valence-electron chi connectivity index (χ2n) is 16.3. The van der Waals surface area contributed by atoms with Crippen LogP contribution in [0.5, 0.6) is 5.75 Å². The fourth-order valence-electron chi connectivity index (χ4n) is 9.32. The Morgan fingerprint density at radius 2 is 1.87 bits per heavy atom. The number of β-amino-alcohol motifs (C(OH)–C–C–N with tert-alkyl or cyclic N) is 1. The first-order valence-electron chi connectivity index (χ1n) is 18.8. The molecule has 1 saturated heterocycles. The highest BCUT2D eigenvalue weighted by molar-refractivity contribution is 5.97. The van der Waals surface area contributed by atoms with Crippen molar-refractivity contribution < 1.29 is 24.7 Å². The average molecular weight is 726 g/mol. The lowest BCUT2D eigenvalue weighted by atomic mass is 9.44. The Labute approximate surface area is 313 Å². The van der Waals surface area contributed by atoms with Crippen LogP contribution >= 0.6 is 0 Å². The van der Waals surface area contributed by atoms with Crippen LogP contribution in [0.15, 0.2) is 78.7 Å². The van der Waals surface area contributed by atoms with Gasteiger partial charge in [0.2, 0.25) is 0 Å². The summed E-state index contributed by atoms with van der Waals surface area (Å²) in [6, 6.07) is 19.8. The van der Waals surface area contributed by atoms with E-state index in [1.165, 1.54) is 24.8 Å². The Bertz CT molecular complexity index is 1810. The number of likely N-dealkylation sites (tertiary alicyclic amines) is 1. The van der Waals surface area contributed by atoms with E-state index in [9.17, 15) is 25.1 Å². The molecule has 4 aliphatic rings. The predicted octanol–water partition coefficient (Wildman–Crippen LogP) is 6.17. The predicted molar refractivity (Wildman–Crippen MR) is 207 cm³/mol. The smallest absolute Gasteiger partial charge is 0.270 e. The van der Waals surface area contributed by atoms with Gasteiger partial charge < -0.3 is 30.5 Å². The third-order valence-electron chi connectivity index (χ3n) is 12.2. The van der Waals surface area contributed by atoms with E-state index in [1.54, 1.807) is 13.2 Å². The van der Waals surface area contributed by atoms with Crippen LogP contribution in [0.25, 0.3) is 11.1 Å². The van der Waals surface area contributed by atoms with Crippen LogP contribution in [-0.2, 0) is 13.0 Å². The number of likely N-dealkylation sites (N-methyl/N-ethyl adjacent to an activating group) is 1. The minimum Gasteiger partial charge on any atom is -0.514 e. The van der Waals surface area contributed by atoms with Crippen LogP contribution in [0.2, 0.25) is 0 Å². The zero-order valence-corrected chi connectivity index (χ0v) is 31.8. The van der Waals surface area contributed by atoms with Gasteiger partial charge in [-0.25, -0.2) is 0 Å². The standard InChI is InChI=1S/C42H55N5O6/c1-26-36-19-31(42(36,2)3)20-37(26)44-38(25-48)39-21-34(49)24-46(39)22-28-13-10-14-35(40(28)53-6)29-16-30(18-33(17-29)47(51)52)41(50)43-32(23-45(4)5)15-27-11-8-7-9-12-27/h7-14,16-18,25-26,31-32,34,36-37,39,44,48-49H,15,19-24H2,1-6H3,(H,43,50)/b38-25+/t26-,31+,32-,34-,36-,37-,39-/m0/s1. The summed E-state index contributed by atoms with van der Waals surface area (Å²) in [7, 11) is 5.45. The third kappa shape index (κ3) is 8.22. The van der Waals surface area contributed by atoms with Crippen LogP contribution in [0, 0.1) is 33.3 Å². The molecule has 7 rings (SSSR count). The molecular formula is C42H55N5O6. The highest BCUT2D eigenvalue weighted by atomic mass is 16.6. The molecule has 1 aliphatic heterocycles. The number of nitro benzene ring substituents is 1. The number of aliphatic hydroxyl groups excluding tert-OH is 2. The zero-order chi connectivity index (χ0) is 38.0. The zero-order valence-electron chi connectivity index (χ0n) is 31.8. The van der Waals surface area contributed by atoms with E-state index in [2.05, 4.69) is 36.3 Å². The van der Waals surface area contributed by atoms with E-state index in [0.29, 0.717) is 78.2 Å². The maximum absolute atomic E-state index is 13.8. The van der Waals surface area contributed by atoms with Crippen LogP contribution in [0.1, 0.15) is 61.5 Å². The molecule has 53 heavy (non-hydrogen) atoms. The van der Waals surface area contributed by atoms with Gasteiger partial charge in [-0.15, -0.1) is 0 Å². The minimum atomic E-state index is -0.571. The molecule has 3 aromatic carbocycles. The van der Waals surface area contributed by atoms with Crippen molar-refractivity contribution in [3.63, 3.8) is 0 Å². The topological polar surface area (TPSA) is 140 Å². The molecule has 11 nitrogen and oxygen atoms in total. The lowest BCUT2D eigenvalue weighted by Gasteiger charge is -2.62. The van der Waals surface area contributed by atoms with Crippen molar-refractivity contribution in [3.05, 3.63) is 105 Å². The molecule has 4 N–H and O–H groups in total. The van der Waals surface area contributed by atoms with Crippen molar-refractivity contribution in [2.24, 2.45) is 23.2 Å². The van der Waals surface area contributed by atoms with Gasteiger partial charge in [0.25, 0.3) is 11.6 Å². The highest BCUT2D eigenvalue weighted by Gasteiger charge is 2.56. The van der Waals surface area contributed by atoms with Gasteiger partial charge in [-0.05, 0) is 80.1 Å². The number of carbonyl (C=O) groups excluding carboxylic acids is 1. The molecule has 284 valence electrons. The van der Waals surface area contributed by atoms with Gasteiger partial charge in [-0.3, -0.25) is 19.8 Å². The molecule has 0 unspecified atom stereocenters. The summed E-state index contributed by atoms with van der Waals surface area (Å²) in [5, 5.41) is 40.4. The number of non-ortho nitro benzene ring substituents is 1. The molecule has 0 radical (unpaired) electrons. The second-order valence-corrected chi connectivity index (χ2v) is 16.3. The number of carbonyl (C=O) groups is 1. The maximum Gasteiger partial charge on any atom is 0.270 e. The van der Waals surface area contributed by atoms with E-state index in [1.807, 2.05) is 67.5 Å². The Morgan fingerprint density at radius 3 is 2.51 bits per heavy atom. The highest BCUT2D eigenvalue weighted by Crippen LogP contribution is 2.61. The van der Waals surface area contributed by atoms with Crippen molar-refractivity contribution in [2.45, 2.75) is 77.2 Å². The SMILES string of the molecule is COc1c(CN2C[C@@H](O)C[C@H]2/C(=C\O)N[C@H]2C[C@H]3C[C@@H]([C@@H]2C)C3(C)C)cccc1-c1cc(C(=O)N[C@@H](Cc2ccccc2)CN(C)C)cc([N+](=O)[O-])c1. The van der Waals surface area contributed by atoms with E-state index in [-0.39, 0.29) is 29.4 Å². The third-order valence-corrected chi connectivity index (χ3v) is 12.2. The van der Waals surface area contributed by atoms with Gasteiger partial charge in [0.05, 0.1) is 36.1 Å². The number of nitro groups is 1. The Morgan fingerprint density at radius 1 is 1.11 bits per heavy atom. The molecule has 0 aromatic heterocycles. The molecule has 2 bridgehead atoms. The fourth-order valence-corrected chi connectivity index (χ4v) is 9.32. The Hall–Kier alpha value is -4.45. The summed E-state index contributed by atoms with van der Waals surface area (Å²) in [5.41, 5.74) is 4.04. The number of para-hydroxylation sites is 1. The quantitative estimate of drug-likeness (QED) is 0.0873. The summed E-state index contributed by atoms with van der Waals surface area (Å²) >= 11 is 0. The fraction of sp³-hybridized carbons (Fsp3) is 0.500. The van der Waals surface area contributed by atoms with Gasteiger partial charge in [-0.1, -0.05) is 69.3 Å². The van der Waals surface area contributed by atoms with Crippen molar-refractivity contribution in [1.82, 2.24) is 20.4 Å². The summed E-state index contributed by atoms with van der Waals surface area (Å²) in [6.45, 7) is 8.46. The molecule has 0 spiro atoms. The molecule has 7 atom stereocenters. The number of ether oxygens (including phenoxy) is 1. The molecule has 3 aromatic rings. The molecule has 4 fully saturated rings. The summed E-state index contributed by atoms with van der Waals surface area (Å²) in [6.07, 6.45) is 3.99. The molecular weight excluding hydrogens is 670 g/mol. The number of aliphatic hydroxyl groups is 2. The number of methoxy groups -OCH3 is 1. The lowest BCUT2D eigenvalue weighted by Crippen LogP contribution is -2.60. The first-order valence-corrected chi connectivity index (χ1v) is 18.8. The van der Waals surface area contributed by atoms with Gasteiger partial charge in [0.1, 0.15) is 5.75 Å². The number of hydrogen-bond donors (Lipinski definition) is 4. The number of hydrogen-bond acceptors (Lipinski definition) is 9. The van der Waals surface area contributed by atoms with E-state index in [0.717, 1.165) is 17.5 Å². The van der Waals surface area contributed by atoms with E-state index >= 15 is 0 Å². The van der Waals surface area contributed by atoms with Gasteiger partial charge in [0, 0.05) is 60.5 Å². The van der Waals surface area contributed by atoms with E-state index < -0.39 is 16.9 Å². The largest absolute Gasteiger partial charge is 0.514 e. The summed E-state index contributed by atoms with van der Waals surface area (Å²) < 4.78 is 5.99. The second kappa shape index (κ2) is 15.9. The van der Waals surface area contributed by atoms with E-state index in [4.69, 9.17) is 4.74 Å². The van der Waals surface area contributed by atoms with Crippen LogP contribution in [0.4, 0.5) is 5.69 Å².